The maximum atomic E-state index is 11.2. The molecule has 0 saturated carbocycles. The Morgan fingerprint density at radius 3 is 2.05 bits per heavy atom. The van der Waals surface area contributed by atoms with E-state index in [1.807, 2.05) is 18.2 Å². The van der Waals surface area contributed by atoms with Crippen molar-refractivity contribution in [3.63, 3.8) is 0 Å². The highest BCUT2D eigenvalue weighted by Crippen LogP contribution is 2.30. The van der Waals surface area contributed by atoms with Crippen LogP contribution in [0.4, 0.5) is 0 Å². The fraction of sp³-hybridized carbons (Fsp3) is 0.278. The van der Waals surface area contributed by atoms with Gasteiger partial charge in [-0.15, -0.1) is 0 Å². The van der Waals surface area contributed by atoms with Crippen molar-refractivity contribution in [3.05, 3.63) is 126 Å². The molecule has 0 N–H and O–H groups in total. The number of ether oxygens (including phenoxy) is 1. The highest BCUT2D eigenvalue weighted by atomic mass is 16.5. The maximum absolute atomic E-state index is 11.2. The van der Waals surface area contributed by atoms with E-state index < -0.39 is 0 Å². The van der Waals surface area contributed by atoms with E-state index in [1.165, 1.54) is 23.6 Å². The fourth-order valence-electron chi connectivity index (χ4n) is 6.07. The lowest BCUT2D eigenvalue weighted by atomic mass is 9.96. The minimum atomic E-state index is -0.241. The lowest BCUT2D eigenvalue weighted by Gasteiger charge is -2.39. The third-order valence-electron chi connectivity index (χ3n) is 8.08. The Balaban J connectivity index is 1.17. The molecule has 4 aromatic carbocycles. The number of benzene rings is 4. The van der Waals surface area contributed by atoms with Gasteiger partial charge in [-0.2, -0.15) is 0 Å². The minimum absolute atomic E-state index is 0.241. The van der Waals surface area contributed by atoms with Crippen LogP contribution < -0.4 is 0 Å². The molecule has 0 atom stereocenters. The third-order valence-corrected chi connectivity index (χ3v) is 8.08. The number of nitrogens with zero attached hydrogens (tertiary/aromatic N) is 4. The van der Waals surface area contributed by atoms with Crippen molar-refractivity contribution in [2.45, 2.75) is 32.5 Å². The molecule has 1 aliphatic rings. The first-order valence-electron chi connectivity index (χ1n) is 14.9. The van der Waals surface area contributed by atoms with Crippen LogP contribution in [0.15, 0.2) is 109 Å². The number of esters is 1. The summed E-state index contributed by atoms with van der Waals surface area (Å²) in [4.78, 5) is 21.5. The molecule has 0 spiro atoms. The summed E-state index contributed by atoms with van der Waals surface area (Å²) in [5.41, 5.74) is 7.18. The lowest BCUT2D eigenvalue weighted by Crippen LogP contribution is -2.47. The number of imidazole rings is 1. The van der Waals surface area contributed by atoms with Crippen LogP contribution in [0, 0.1) is 0 Å². The van der Waals surface area contributed by atoms with Gasteiger partial charge in [0.25, 0.3) is 0 Å². The van der Waals surface area contributed by atoms with E-state index in [0.717, 1.165) is 68.1 Å². The molecule has 6 rings (SSSR count). The van der Waals surface area contributed by atoms with Crippen molar-refractivity contribution >= 4 is 17.0 Å². The van der Waals surface area contributed by atoms with Crippen LogP contribution in [-0.2, 0) is 22.6 Å². The number of hydrogen-bond donors (Lipinski definition) is 0. The second kappa shape index (κ2) is 13.1. The topological polar surface area (TPSA) is 50.6 Å². The summed E-state index contributed by atoms with van der Waals surface area (Å²) in [5.74, 6) is 0.710. The summed E-state index contributed by atoms with van der Waals surface area (Å²) in [6.07, 6.45) is 0.740. The molecule has 1 saturated heterocycles. The summed E-state index contributed by atoms with van der Waals surface area (Å²) in [6.45, 7) is 7.58. The van der Waals surface area contributed by atoms with Gasteiger partial charge in [0.2, 0.25) is 0 Å². The number of fused-ring (bicyclic) bond motifs is 1. The average Bonchev–Trinajstić information content (AvgIpc) is 3.39. The van der Waals surface area contributed by atoms with Crippen molar-refractivity contribution in [1.82, 2.24) is 19.4 Å². The maximum Gasteiger partial charge on any atom is 0.302 e. The zero-order valence-corrected chi connectivity index (χ0v) is 24.2. The van der Waals surface area contributed by atoms with E-state index >= 15 is 0 Å². The van der Waals surface area contributed by atoms with E-state index in [-0.39, 0.29) is 12.0 Å². The summed E-state index contributed by atoms with van der Waals surface area (Å²) in [6, 6.07) is 39.0. The Labute approximate surface area is 248 Å². The van der Waals surface area contributed by atoms with Crippen LogP contribution in [0.5, 0.6) is 0 Å². The van der Waals surface area contributed by atoms with E-state index in [4.69, 9.17) is 9.72 Å². The predicted octanol–water partition coefficient (Wildman–Crippen LogP) is 6.56. The molecule has 214 valence electrons. The van der Waals surface area contributed by atoms with Crippen molar-refractivity contribution < 1.29 is 9.53 Å². The van der Waals surface area contributed by atoms with Crippen LogP contribution in [-0.4, -0.2) is 58.1 Å². The van der Waals surface area contributed by atoms with E-state index in [0.29, 0.717) is 6.61 Å². The first-order chi connectivity index (χ1) is 20.7. The van der Waals surface area contributed by atoms with Crippen LogP contribution in [0.2, 0.25) is 0 Å². The Morgan fingerprint density at radius 2 is 1.43 bits per heavy atom. The summed E-state index contributed by atoms with van der Waals surface area (Å²) in [7, 11) is 0. The summed E-state index contributed by atoms with van der Waals surface area (Å²) in [5, 5.41) is 0. The van der Waals surface area contributed by atoms with Crippen molar-refractivity contribution in [2.24, 2.45) is 0 Å². The van der Waals surface area contributed by atoms with Gasteiger partial charge in [0.1, 0.15) is 5.82 Å². The molecule has 2 heterocycles. The molecule has 0 amide bonds. The van der Waals surface area contributed by atoms with Gasteiger partial charge in [-0.05, 0) is 35.2 Å². The smallest absolute Gasteiger partial charge is 0.302 e. The highest BCUT2D eigenvalue weighted by molar-refractivity contribution is 5.81. The normalized spacial score (nSPS) is 14.4. The van der Waals surface area contributed by atoms with E-state index in [9.17, 15) is 4.79 Å². The summed E-state index contributed by atoms with van der Waals surface area (Å²) >= 11 is 0. The molecule has 0 radical (unpaired) electrons. The number of hydrogen-bond acceptors (Lipinski definition) is 5. The van der Waals surface area contributed by atoms with Gasteiger partial charge in [0.15, 0.2) is 0 Å². The van der Waals surface area contributed by atoms with Crippen LogP contribution in [0.25, 0.3) is 22.4 Å². The molecular formula is C36H38N4O2. The van der Waals surface area contributed by atoms with Crippen molar-refractivity contribution in [2.75, 3.05) is 32.8 Å². The Kier molecular flexibility index (Phi) is 8.73. The largest absolute Gasteiger partial charge is 0.466 e. The minimum Gasteiger partial charge on any atom is -0.466 e. The monoisotopic (exact) mass is 558 g/mol. The Morgan fingerprint density at radius 1 is 0.810 bits per heavy atom. The van der Waals surface area contributed by atoms with Gasteiger partial charge in [0.05, 0.1) is 23.7 Å². The second-order valence-electron chi connectivity index (χ2n) is 11.0. The molecule has 6 heteroatoms. The van der Waals surface area contributed by atoms with Crippen LogP contribution in [0.1, 0.15) is 36.1 Å². The molecule has 1 fully saturated rings. The molecular weight excluding hydrogens is 520 g/mol. The number of carbonyl (C=O) groups is 1. The Bertz CT molecular complexity index is 1550. The van der Waals surface area contributed by atoms with Crippen LogP contribution >= 0.6 is 0 Å². The number of piperazine rings is 1. The van der Waals surface area contributed by atoms with E-state index in [2.05, 4.69) is 105 Å². The molecule has 42 heavy (non-hydrogen) atoms. The van der Waals surface area contributed by atoms with Gasteiger partial charge in [-0.3, -0.25) is 14.6 Å². The van der Waals surface area contributed by atoms with Gasteiger partial charge >= 0.3 is 5.97 Å². The fourth-order valence-corrected chi connectivity index (χ4v) is 6.07. The number of carbonyl (C=O) groups excluding carboxylic acids is 1. The van der Waals surface area contributed by atoms with Crippen molar-refractivity contribution in [3.8, 4) is 11.4 Å². The quantitative estimate of drug-likeness (QED) is 0.143. The number of rotatable bonds is 10. The molecule has 1 aliphatic heterocycles. The molecule has 6 nitrogen and oxygen atoms in total. The second-order valence-corrected chi connectivity index (χ2v) is 11.0. The zero-order chi connectivity index (χ0) is 28.7. The van der Waals surface area contributed by atoms with Crippen LogP contribution in [0.3, 0.4) is 0 Å². The number of aromatic nitrogens is 2. The molecule has 0 aliphatic carbocycles. The molecule has 0 unspecified atom stereocenters. The molecule has 0 bridgehead atoms. The third kappa shape index (κ3) is 6.46. The van der Waals surface area contributed by atoms with E-state index in [1.54, 1.807) is 0 Å². The van der Waals surface area contributed by atoms with Gasteiger partial charge in [-0.25, -0.2) is 4.98 Å². The van der Waals surface area contributed by atoms with Crippen molar-refractivity contribution in [1.29, 1.82) is 0 Å². The average molecular weight is 559 g/mol. The highest BCUT2D eigenvalue weighted by Gasteiger charge is 2.26. The number of aryl methyl sites for hydroxylation is 1. The zero-order valence-electron chi connectivity index (χ0n) is 24.2. The first kappa shape index (κ1) is 27.9. The standard InChI is InChI=1S/C36H38N4O2/c1-28(41)42-25-11-20-40-34-19-18-29(26-33(34)37-36(40)32-16-9-4-10-17-32)27-38-21-23-39(24-22-38)35(30-12-5-2-6-13-30)31-14-7-3-8-15-31/h2-10,12-19,26,35H,11,20-25,27H2,1H3. The van der Waals surface area contributed by atoms with Gasteiger partial charge in [-0.1, -0.05) is 97.1 Å². The summed E-state index contributed by atoms with van der Waals surface area (Å²) < 4.78 is 7.45. The lowest BCUT2D eigenvalue weighted by molar-refractivity contribution is -0.141. The Hall–Kier alpha value is -4.26. The van der Waals surface area contributed by atoms with Gasteiger partial charge < -0.3 is 9.30 Å². The molecule has 5 aromatic rings. The predicted molar refractivity (Wildman–Crippen MR) is 168 cm³/mol. The first-order valence-corrected chi connectivity index (χ1v) is 14.9. The van der Waals surface area contributed by atoms with Gasteiger partial charge in [0, 0.05) is 51.8 Å². The molecule has 1 aromatic heterocycles. The SMILES string of the molecule is CC(=O)OCCCn1c(-c2ccccc2)nc2cc(CN3CCN(C(c4ccccc4)c4ccccc4)CC3)ccc21.